The van der Waals surface area contributed by atoms with Gasteiger partial charge in [-0.05, 0) is 6.42 Å². The van der Waals surface area contributed by atoms with E-state index in [0.717, 1.165) is 6.42 Å². The molecule has 0 aliphatic rings. The fourth-order valence-electron chi connectivity index (χ4n) is 0.244. The molecule has 2 heteroatoms. The van der Waals surface area contributed by atoms with Crippen LogP contribution in [0, 0.1) is 13.3 Å². The molecule has 2 radical (unpaired) electrons. The molecule has 0 rings (SSSR count). The summed E-state index contributed by atoms with van der Waals surface area (Å²) in [5.74, 6) is -0.358. The summed E-state index contributed by atoms with van der Waals surface area (Å²) in [5, 5.41) is 0. The average molecular weight is 99.1 g/mol. The molecule has 0 unspecified atom stereocenters. The second kappa shape index (κ2) is 3.65. The van der Waals surface area contributed by atoms with Gasteiger partial charge in [-0.3, -0.25) is 4.79 Å². The van der Waals surface area contributed by atoms with E-state index in [9.17, 15) is 4.79 Å². The van der Waals surface area contributed by atoms with Crippen molar-refractivity contribution in [1.82, 2.24) is 0 Å². The fraction of sp³-hybridized carbons (Fsp3) is 0.400. The summed E-state index contributed by atoms with van der Waals surface area (Å²) in [7, 11) is 0. The van der Waals surface area contributed by atoms with E-state index in [2.05, 4.69) is 6.92 Å². The molecule has 0 fully saturated rings. The zero-order chi connectivity index (χ0) is 5.70. The molecule has 0 atom stereocenters. The van der Waals surface area contributed by atoms with E-state index in [1.165, 1.54) is 6.42 Å². The van der Waals surface area contributed by atoms with Crippen molar-refractivity contribution < 1.29 is 4.79 Å². The molecule has 0 aliphatic heterocycles. The molecule has 0 bridgehead atoms. The molecular weight excluding hydrogens is 90.1 g/mol. The number of carbonyl (C=O) groups excluding carboxylic acids is 1. The van der Waals surface area contributed by atoms with Crippen molar-refractivity contribution in [2.75, 3.05) is 0 Å². The molecular formula is C5H9NO. The smallest absolute Gasteiger partial charge is 0.221 e. The van der Waals surface area contributed by atoms with Crippen LogP contribution >= 0.6 is 0 Å². The first kappa shape index (κ1) is 6.47. The highest BCUT2D eigenvalue weighted by Crippen LogP contribution is 1.87. The minimum Gasteiger partial charge on any atom is -0.369 e. The molecule has 40 valence electrons. The number of carbonyl (C=O) groups is 1. The van der Waals surface area contributed by atoms with Crippen LogP contribution in [0.5, 0.6) is 0 Å². The lowest BCUT2D eigenvalue weighted by atomic mass is 10.2. The quantitative estimate of drug-likeness (QED) is 0.543. The van der Waals surface area contributed by atoms with Gasteiger partial charge in [0.05, 0.1) is 0 Å². The maximum atomic E-state index is 9.90. The number of rotatable bonds is 3. The number of amides is 1. The first-order valence-electron chi connectivity index (χ1n) is 2.19. The summed E-state index contributed by atoms with van der Waals surface area (Å²) in [4.78, 5) is 9.90. The Morgan fingerprint density at radius 2 is 2.43 bits per heavy atom. The Morgan fingerprint density at radius 3 is 2.57 bits per heavy atom. The number of primary amides is 1. The highest BCUT2D eigenvalue weighted by Gasteiger charge is 1.89. The van der Waals surface area contributed by atoms with E-state index in [4.69, 9.17) is 5.73 Å². The maximum absolute atomic E-state index is 9.90. The van der Waals surface area contributed by atoms with Gasteiger partial charge in [-0.25, -0.2) is 0 Å². The first-order chi connectivity index (χ1) is 3.27. The summed E-state index contributed by atoms with van der Waals surface area (Å²) in [6.45, 7) is 3.52. The van der Waals surface area contributed by atoms with E-state index in [-0.39, 0.29) is 5.91 Å². The minimum atomic E-state index is -0.358. The van der Waals surface area contributed by atoms with Gasteiger partial charge in [0.1, 0.15) is 0 Å². The van der Waals surface area contributed by atoms with Gasteiger partial charge in [0.15, 0.2) is 0 Å². The van der Waals surface area contributed by atoms with Gasteiger partial charge in [-0.1, -0.05) is 13.3 Å². The molecule has 0 aromatic rings. The molecule has 0 saturated carbocycles. The zero-order valence-electron chi connectivity index (χ0n) is 4.18. The topological polar surface area (TPSA) is 43.1 Å². The van der Waals surface area contributed by atoms with Crippen LogP contribution in [0.2, 0.25) is 0 Å². The molecule has 0 heterocycles. The van der Waals surface area contributed by atoms with Gasteiger partial charge < -0.3 is 5.73 Å². The number of nitrogens with two attached hydrogens (primary N) is 1. The molecule has 0 aliphatic carbocycles. The number of hydrogen-bond donors (Lipinski definition) is 1. The van der Waals surface area contributed by atoms with Crippen molar-refractivity contribution in [1.29, 1.82) is 0 Å². The summed E-state index contributed by atoms with van der Waals surface area (Å²) in [6.07, 6.45) is 2.85. The largest absolute Gasteiger partial charge is 0.369 e. The van der Waals surface area contributed by atoms with Crippen molar-refractivity contribution >= 4 is 5.91 Å². The monoisotopic (exact) mass is 99.1 g/mol. The van der Waals surface area contributed by atoms with Gasteiger partial charge >= 0.3 is 0 Å². The average Bonchev–Trinajstić information content (AvgIpc) is 1.61. The SMILES string of the molecule is [CH2]CC[CH]C(N)=O. The maximum Gasteiger partial charge on any atom is 0.221 e. The third kappa shape index (κ3) is 5.47. The van der Waals surface area contributed by atoms with Crippen LogP contribution < -0.4 is 5.73 Å². The van der Waals surface area contributed by atoms with Crippen molar-refractivity contribution in [3.63, 3.8) is 0 Å². The predicted molar refractivity (Wildman–Crippen MR) is 28.1 cm³/mol. The van der Waals surface area contributed by atoms with Gasteiger partial charge in [0, 0.05) is 6.42 Å². The molecule has 0 saturated heterocycles. The van der Waals surface area contributed by atoms with Crippen LogP contribution in [-0.2, 0) is 4.79 Å². The predicted octanol–water partition coefficient (Wildman–Crippen LogP) is 0.290. The first-order valence-corrected chi connectivity index (χ1v) is 2.19. The van der Waals surface area contributed by atoms with Gasteiger partial charge in [-0.15, -0.1) is 0 Å². The summed E-state index contributed by atoms with van der Waals surface area (Å²) < 4.78 is 0. The molecule has 0 aromatic carbocycles. The number of unbranched alkanes of at least 4 members (excludes halogenated alkanes) is 1. The Labute approximate surface area is 43.7 Å². The Morgan fingerprint density at radius 1 is 1.86 bits per heavy atom. The molecule has 2 nitrogen and oxygen atoms in total. The van der Waals surface area contributed by atoms with E-state index in [1.807, 2.05) is 0 Å². The van der Waals surface area contributed by atoms with Crippen LogP contribution in [0.1, 0.15) is 12.8 Å². The van der Waals surface area contributed by atoms with Crippen molar-refractivity contribution in [3.8, 4) is 0 Å². The third-order valence-electron chi connectivity index (χ3n) is 0.550. The Hall–Kier alpha value is -0.530. The molecule has 0 spiro atoms. The van der Waals surface area contributed by atoms with Crippen LogP contribution in [0.25, 0.3) is 0 Å². The summed E-state index contributed by atoms with van der Waals surface area (Å²) in [6, 6.07) is 0. The van der Waals surface area contributed by atoms with Crippen molar-refractivity contribution in [3.05, 3.63) is 13.3 Å². The summed E-state index contributed by atoms with van der Waals surface area (Å²) in [5.41, 5.74) is 4.76. The van der Waals surface area contributed by atoms with Gasteiger partial charge in [0.25, 0.3) is 0 Å². The number of hydrogen-bond acceptors (Lipinski definition) is 1. The minimum absolute atomic E-state index is 0.358. The van der Waals surface area contributed by atoms with E-state index in [1.54, 1.807) is 0 Å². The standard InChI is InChI=1S/C5H9NO/c1-2-3-4-5(6)7/h4H,1-3H2,(H2,6,7). The lowest BCUT2D eigenvalue weighted by molar-refractivity contribution is -0.115. The van der Waals surface area contributed by atoms with E-state index >= 15 is 0 Å². The van der Waals surface area contributed by atoms with Gasteiger partial charge in [0.2, 0.25) is 5.91 Å². The zero-order valence-corrected chi connectivity index (χ0v) is 4.18. The van der Waals surface area contributed by atoms with Crippen LogP contribution in [0.15, 0.2) is 0 Å². The van der Waals surface area contributed by atoms with Gasteiger partial charge in [-0.2, -0.15) is 0 Å². The highest BCUT2D eigenvalue weighted by atomic mass is 16.1. The molecule has 0 aromatic heterocycles. The molecule has 1 amide bonds. The Bertz CT molecular complexity index is 61.1. The fourth-order valence-corrected chi connectivity index (χ4v) is 0.244. The Kier molecular flexibility index (Phi) is 3.38. The van der Waals surface area contributed by atoms with Crippen molar-refractivity contribution in [2.24, 2.45) is 5.73 Å². The van der Waals surface area contributed by atoms with Crippen molar-refractivity contribution in [2.45, 2.75) is 12.8 Å². The lowest BCUT2D eigenvalue weighted by Crippen LogP contribution is -2.10. The molecule has 7 heavy (non-hydrogen) atoms. The van der Waals surface area contributed by atoms with E-state index in [0.29, 0.717) is 6.42 Å². The van der Waals surface area contributed by atoms with Crippen LogP contribution in [0.3, 0.4) is 0 Å². The summed E-state index contributed by atoms with van der Waals surface area (Å²) >= 11 is 0. The van der Waals surface area contributed by atoms with Crippen LogP contribution in [-0.4, -0.2) is 5.91 Å². The highest BCUT2D eigenvalue weighted by molar-refractivity contribution is 5.82. The second-order valence-electron chi connectivity index (χ2n) is 1.25. The second-order valence-corrected chi connectivity index (χ2v) is 1.25. The van der Waals surface area contributed by atoms with Crippen LogP contribution in [0.4, 0.5) is 0 Å². The lowest BCUT2D eigenvalue weighted by Gasteiger charge is -1.85. The molecule has 2 N–H and O–H groups in total. The normalized spacial score (nSPS) is 8.71. The Balaban J connectivity index is 2.82. The van der Waals surface area contributed by atoms with E-state index < -0.39 is 0 Å². The third-order valence-corrected chi connectivity index (χ3v) is 0.550.